The van der Waals surface area contributed by atoms with Crippen LogP contribution in [0.3, 0.4) is 0 Å². The first kappa shape index (κ1) is 14.3. The molecule has 0 N–H and O–H groups in total. The predicted octanol–water partition coefficient (Wildman–Crippen LogP) is 2.59. The molecule has 0 radical (unpaired) electrons. The zero-order valence-corrected chi connectivity index (χ0v) is 12.9. The van der Waals surface area contributed by atoms with E-state index < -0.39 is 10.0 Å². The van der Waals surface area contributed by atoms with Crippen molar-refractivity contribution in [1.82, 2.24) is 4.31 Å². The molecule has 0 amide bonds. The van der Waals surface area contributed by atoms with Gasteiger partial charge < -0.3 is 4.74 Å². The lowest BCUT2D eigenvalue weighted by Crippen LogP contribution is -2.49. The van der Waals surface area contributed by atoms with Gasteiger partial charge in [-0.2, -0.15) is 4.31 Å². The molecule has 2 atom stereocenters. The molecule has 0 spiro atoms. The van der Waals surface area contributed by atoms with Crippen LogP contribution in [0.1, 0.15) is 31.4 Å². The lowest BCUT2D eigenvalue weighted by molar-refractivity contribution is -0.0289. The van der Waals surface area contributed by atoms with Crippen LogP contribution in [0.25, 0.3) is 0 Å². The average Bonchev–Trinajstić information content (AvgIpc) is 3.23. The van der Waals surface area contributed by atoms with Gasteiger partial charge in [0.1, 0.15) is 0 Å². The van der Waals surface area contributed by atoms with Gasteiger partial charge in [0.25, 0.3) is 0 Å². The fourth-order valence-corrected chi connectivity index (χ4v) is 4.77. The van der Waals surface area contributed by atoms with Gasteiger partial charge in [0.15, 0.2) is 0 Å². The molecular formula is C14H18ClNO3S. The average molecular weight is 316 g/mol. The molecule has 1 saturated carbocycles. The van der Waals surface area contributed by atoms with E-state index in [1.54, 1.807) is 10.4 Å². The van der Waals surface area contributed by atoms with Gasteiger partial charge in [-0.05, 0) is 37.5 Å². The van der Waals surface area contributed by atoms with Gasteiger partial charge in [0, 0.05) is 17.6 Å². The van der Waals surface area contributed by atoms with Crippen molar-refractivity contribution in [2.45, 2.75) is 37.2 Å². The molecule has 1 aromatic rings. The molecule has 110 valence electrons. The third kappa shape index (κ3) is 2.72. The molecule has 0 bridgehead atoms. The highest BCUT2D eigenvalue weighted by Gasteiger charge is 2.44. The number of hydrogen-bond donors (Lipinski definition) is 0. The van der Waals surface area contributed by atoms with Gasteiger partial charge in [-0.25, -0.2) is 8.42 Å². The summed E-state index contributed by atoms with van der Waals surface area (Å²) in [7, 11) is -3.17. The zero-order valence-electron chi connectivity index (χ0n) is 11.3. The Morgan fingerprint density at radius 3 is 2.75 bits per heavy atom. The van der Waals surface area contributed by atoms with E-state index in [4.69, 9.17) is 16.3 Å². The Labute approximate surface area is 124 Å². The van der Waals surface area contributed by atoms with Gasteiger partial charge in [0.05, 0.1) is 18.0 Å². The minimum absolute atomic E-state index is 0.101. The van der Waals surface area contributed by atoms with Crippen LogP contribution in [-0.4, -0.2) is 37.2 Å². The first-order valence-corrected chi connectivity index (χ1v) is 8.74. The van der Waals surface area contributed by atoms with E-state index in [0.717, 1.165) is 18.4 Å². The molecule has 1 aliphatic carbocycles. The highest BCUT2D eigenvalue weighted by atomic mass is 35.5. The first-order valence-electron chi connectivity index (χ1n) is 6.86. The molecule has 6 heteroatoms. The van der Waals surface area contributed by atoms with E-state index in [1.807, 2.05) is 25.1 Å². The zero-order chi connectivity index (χ0) is 14.3. The Morgan fingerprint density at radius 1 is 1.35 bits per heavy atom. The van der Waals surface area contributed by atoms with Crippen LogP contribution < -0.4 is 0 Å². The van der Waals surface area contributed by atoms with E-state index in [-0.39, 0.29) is 17.4 Å². The van der Waals surface area contributed by atoms with Crippen molar-refractivity contribution in [3.05, 3.63) is 34.9 Å². The number of halogens is 1. The summed E-state index contributed by atoms with van der Waals surface area (Å²) in [5, 5.41) is 0.462. The number of hydrogen-bond acceptors (Lipinski definition) is 3. The van der Waals surface area contributed by atoms with E-state index in [1.165, 1.54) is 0 Å². The van der Waals surface area contributed by atoms with Crippen molar-refractivity contribution in [1.29, 1.82) is 0 Å². The van der Waals surface area contributed by atoms with Crippen LogP contribution >= 0.6 is 11.6 Å². The van der Waals surface area contributed by atoms with E-state index in [9.17, 15) is 8.42 Å². The fourth-order valence-electron chi connectivity index (χ4n) is 2.56. The molecule has 2 fully saturated rings. The molecule has 3 rings (SSSR count). The smallest absolute Gasteiger partial charge is 0.217 e. The van der Waals surface area contributed by atoms with Gasteiger partial charge in [-0.1, -0.05) is 23.7 Å². The number of rotatable bonds is 3. The van der Waals surface area contributed by atoms with Gasteiger partial charge in [-0.3, -0.25) is 0 Å². The second kappa shape index (κ2) is 5.30. The summed E-state index contributed by atoms with van der Waals surface area (Å²) < 4.78 is 32.3. The molecule has 1 aromatic carbocycles. The normalized spacial score (nSPS) is 28.5. The van der Waals surface area contributed by atoms with Crippen molar-refractivity contribution in [2.75, 3.05) is 13.2 Å². The maximum Gasteiger partial charge on any atom is 0.217 e. The van der Waals surface area contributed by atoms with E-state index in [2.05, 4.69) is 0 Å². The molecule has 1 heterocycles. The third-order valence-corrected chi connectivity index (χ3v) is 6.58. The van der Waals surface area contributed by atoms with Gasteiger partial charge in [-0.15, -0.1) is 0 Å². The van der Waals surface area contributed by atoms with Crippen LogP contribution in [0.2, 0.25) is 5.02 Å². The topological polar surface area (TPSA) is 46.6 Å². The van der Waals surface area contributed by atoms with E-state index >= 15 is 0 Å². The molecular weight excluding hydrogens is 298 g/mol. The number of benzene rings is 1. The summed E-state index contributed by atoms with van der Waals surface area (Å²) >= 11 is 5.99. The standard InChI is InChI=1S/C14H18ClNO3S/c1-10-9-19-14(11-3-2-4-12(15)7-11)8-16(10)20(17,18)13-5-6-13/h2-4,7,10,13-14H,5-6,8-9H2,1H3/t10-,14+/m1/s1. The molecule has 1 saturated heterocycles. The predicted molar refractivity (Wildman–Crippen MR) is 78.3 cm³/mol. The van der Waals surface area contributed by atoms with Gasteiger partial charge in [0.2, 0.25) is 10.0 Å². The summed E-state index contributed by atoms with van der Waals surface area (Å²) in [4.78, 5) is 0. The number of morpholine rings is 1. The van der Waals surface area contributed by atoms with E-state index in [0.29, 0.717) is 18.2 Å². The molecule has 2 aliphatic rings. The molecule has 1 aliphatic heterocycles. The SMILES string of the molecule is C[C@@H]1CO[C@H](c2cccc(Cl)c2)CN1S(=O)(=O)C1CC1. The highest BCUT2D eigenvalue weighted by Crippen LogP contribution is 2.35. The Bertz CT molecular complexity index is 600. The number of sulfonamides is 1. The van der Waals surface area contributed by atoms with Crippen LogP contribution in [0.5, 0.6) is 0 Å². The highest BCUT2D eigenvalue weighted by molar-refractivity contribution is 7.90. The Hall–Kier alpha value is -0.620. The summed E-state index contributed by atoms with van der Waals surface area (Å²) in [6.07, 6.45) is 1.33. The van der Waals surface area contributed by atoms with Gasteiger partial charge >= 0.3 is 0 Å². The Kier molecular flexibility index (Phi) is 3.79. The third-order valence-electron chi connectivity index (χ3n) is 3.87. The molecule has 20 heavy (non-hydrogen) atoms. The second-order valence-corrected chi connectivity index (χ2v) is 8.14. The largest absolute Gasteiger partial charge is 0.370 e. The van der Waals surface area contributed by atoms with Crippen LogP contribution in [0, 0.1) is 0 Å². The maximum absolute atomic E-state index is 12.4. The molecule has 0 aromatic heterocycles. The number of nitrogens with zero attached hydrogens (tertiary/aromatic N) is 1. The van der Waals surface area contributed by atoms with Crippen LogP contribution in [0.4, 0.5) is 0 Å². The minimum Gasteiger partial charge on any atom is -0.370 e. The molecule has 4 nitrogen and oxygen atoms in total. The lowest BCUT2D eigenvalue weighted by Gasteiger charge is -2.37. The van der Waals surface area contributed by atoms with Crippen molar-refractivity contribution in [3.63, 3.8) is 0 Å². The van der Waals surface area contributed by atoms with Crippen molar-refractivity contribution < 1.29 is 13.2 Å². The van der Waals surface area contributed by atoms with Crippen LogP contribution in [0.15, 0.2) is 24.3 Å². The number of ether oxygens (including phenoxy) is 1. The summed E-state index contributed by atoms with van der Waals surface area (Å²) in [5.41, 5.74) is 0.931. The lowest BCUT2D eigenvalue weighted by atomic mass is 10.1. The molecule has 0 unspecified atom stereocenters. The summed E-state index contributed by atoms with van der Waals surface area (Å²) in [6, 6.07) is 7.32. The summed E-state index contributed by atoms with van der Waals surface area (Å²) in [5.74, 6) is 0. The fraction of sp³-hybridized carbons (Fsp3) is 0.571. The first-order chi connectivity index (χ1) is 9.48. The minimum atomic E-state index is -3.17. The maximum atomic E-state index is 12.4. The quantitative estimate of drug-likeness (QED) is 0.861. The summed E-state index contributed by atoms with van der Waals surface area (Å²) in [6.45, 7) is 2.69. The van der Waals surface area contributed by atoms with Crippen molar-refractivity contribution in [2.24, 2.45) is 0 Å². The Balaban J connectivity index is 1.83. The van der Waals surface area contributed by atoms with Crippen molar-refractivity contribution in [3.8, 4) is 0 Å². The van der Waals surface area contributed by atoms with Crippen LogP contribution in [-0.2, 0) is 14.8 Å². The second-order valence-electron chi connectivity index (χ2n) is 5.54. The monoisotopic (exact) mass is 315 g/mol. The Morgan fingerprint density at radius 2 is 2.10 bits per heavy atom. The van der Waals surface area contributed by atoms with Crippen molar-refractivity contribution >= 4 is 21.6 Å².